The van der Waals surface area contributed by atoms with Gasteiger partial charge in [-0.1, -0.05) is 41.1 Å². The van der Waals surface area contributed by atoms with Crippen molar-refractivity contribution in [2.75, 3.05) is 5.32 Å². The highest BCUT2D eigenvalue weighted by Gasteiger charge is 2.36. The maximum Gasteiger partial charge on any atom is 0.382 e. The van der Waals surface area contributed by atoms with E-state index in [1.165, 1.54) is 0 Å². The number of hydrogen-bond acceptors (Lipinski definition) is 6. The zero-order chi connectivity index (χ0) is 15.7. The summed E-state index contributed by atoms with van der Waals surface area (Å²) in [6, 6.07) is 5.53. The number of rotatable bonds is 4. The number of aryl methyl sites for hydroxylation is 2. The van der Waals surface area contributed by atoms with Gasteiger partial charge in [0.2, 0.25) is 0 Å². The van der Waals surface area contributed by atoms with Crippen molar-refractivity contribution in [1.29, 1.82) is 0 Å². The summed E-state index contributed by atoms with van der Waals surface area (Å²) in [6.45, 7) is 3.68. The van der Waals surface area contributed by atoms with Crippen molar-refractivity contribution in [2.24, 2.45) is 0 Å². The van der Waals surface area contributed by atoms with Crippen LogP contribution in [0.2, 0.25) is 4.34 Å². The van der Waals surface area contributed by atoms with Gasteiger partial charge in [-0.2, -0.15) is 0 Å². The first kappa shape index (κ1) is 15.2. The normalized spacial score (nSPS) is 10.4. The fraction of sp³-hybridized carbons (Fsp3) is 0.167. The van der Waals surface area contributed by atoms with Gasteiger partial charge in [-0.15, -0.1) is 0 Å². The van der Waals surface area contributed by atoms with Crippen LogP contribution in [0.3, 0.4) is 0 Å². The Balaban J connectivity index is 2.58. The molecule has 1 N–H and O–H groups in total. The molecule has 0 fully saturated rings. The molecule has 2 aromatic rings. The number of nitro groups is 2. The van der Waals surface area contributed by atoms with Crippen molar-refractivity contribution in [3.05, 3.63) is 53.9 Å². The molecule has 0 amide bonds. The Kier molecular flexibility index (Phi) is 4.10. The monoisotopic (exact) mass is 327 g/mol. The second-order valence-electron chi connectivity index (χ2n) is 4.31. The van der Waals surface area contributed by atoms with Gasteiger partial charge in [0, 0.05) is 5.69 Å². The van der Waals surface area contributed by atoms with E-state index in [1.54, 1.807) is 0 Å². The van der Waals surface area contributed by atoms with Crippen LogP contribution in [0.4, 0.5) is 22.1 Å². The van der Waals surface area contributed by atoms with Crippen molar-refractivity contribution in [3.8, 4) is 0 Å². The summed E-state index contributed by atoms with van der Waals surface area (Å²) in [7, 11) is 0. The predicted octanol–water partition coefficient (Wildman–Crippen LogP) is 4.58. The average Bonchev–Trinajstić information content (AvgIpc) is 2.71. The molecule has 7 nitrogen and oxygen atoms in total. The molecule has 0 saturated heterocycles. The van der Waals surface area contributed by atoms with E-state index in [9.17, 15) is 20.2 Å². The molecule has 1 aromatic heterocycles. The Morgan fingerprint density at radius 3 is 2.10 bits per heavy atom. The molecule has 9 heteroatoms. The zero-order valence-electron chi connectivity index (χ0n) is 11.0. The van der Waals surface area contributed by atoms with Crippen LogP contribution in [0.25, 0.3) is 0 Å². The predicted molar refractivity (Wildman–Crippen MR) is 81.8 cm³/mol. The maximum absolute atomic E-state index is 11.1. The molecule has 0 atom stereocenters. The number of hydrogen-bond donors (Lipinski definition) is 1. The Morgan fingerprint density at radius 1 is 1.10 bits per heavy atom. The quantitative estimate of drug-likeness (QED) is 0.654. The standard InChI is InChI=1S/C12H10ClN3O4S/c1-6-4-3-5-7(2)8(6)14-12-10(16(19)20)9(15(17)18)11(13)21-12/h3-5,14H,1-2H3. The topological polar surface area (TPSA) is 98.3 Å². The minimum atomic E-state index is -0.840. The highest BCUT2D eigenvalue weighted by atomic mass is 35.5. The first-order chi connectivity index (χ1) is 9.82. The van der Waals surface area contributed by atoms with Gasteiger partial charge >= 0.3 is 11.4 Å². The minimum absolute atomic E-state index is 0.0501. The summed E-state index contributed by atoms with van der Waals surface area (Å²) >= 11 is 6.55. The van der Waals surface area contributed by atoms with Crippen molar-refractivity contribution in [2.45, 2.75) is 13.8 Å². The summed E-state index contributed by atoms with van der Waals surface area (Å²) in [5.41, 5.74) is 1.12. The van der Waals surface area contributed by atoms with E-state index in [1.807, 2.05) is 32.0 Å². The van der Waals surface area contributed by atoms with Gasteiger partial charge in [-0.25, -0.2) is 0 Å². The molecule has 0 spiro atoms. The molecule has 0 saturated carbocycles. The van der Waals surface area contributed by atoms with Crippen LogP contribution in [0.15, 0.2) is 18.2 Å². The van der Waals surface area contributed by atoms with Crippen molar-refractivity contribution < 1.29 is 9.85 Å². The van der Waals surface area contributed by atoms with Crippen molar-refractivity contribution >= 4 is 45.0 Å². The molecule has 0 unspecified atom stereocenters. The van der Waals surface area contributed by atoms with Crippen molar-refractivity contribution in [3.63, 3.8) is 0 Å². The molecule has 21 heavy (non-hydrogen) atoms. The van der Waals surface area contributed by atoms with E-state index in [-0.39, 0.29) is 9.34 Å². The SMILES string of the molecule is Cc1cccc(C)c1Nc1sc(Cl)c([N+](=O)[O-])c1[N+](=O)[O-]. The number of benzene rings is 1. The van der Waals surface area contributed by atoms with Crippen LogP contribution in [-0.4, -0.2) is 9.85 Å². The lowest BCUT2D eigenvalue weighted by Crippen LogP contribution is -1.99. The number of halogens is 1. The maximum atomic E-state index is 11.1. The van der Waals surface area contributed by atoms with Gasteiger partial charge in [0.1, 0.15) is 0 Å². The molecule has 1 aromatic carbocycles. The summed E-state index contributed by atoms with van der Waals surface area (Å²) in [4.78, 5) is 20.4. The Labute approximate surface area is 128 Å². The summed E-state index contributed by atoms with van der Waals surface area (Å²) in [5.74, 6) is 0. The minimum Gasteiger partial charge on any atom is -0.341 e. The smallest absolute Gasteiger partial charge is 0.341 e. The molecular formula is C12H10ClN3O4S. The Morgan fingerprint density at radius 2 is 1.62 bits per heavy atom. The van der Waals surface area contributed by atoms with Gasteiger partial charge < -0.3 is 5.32 Å². The molecule has 0 aliphatic rings. The number of anilines is 2. The molecule has 2 rings (SSSR count). The highest BCUT2D eigenvalue weighted by Crippen LogP contribution is 2.49. The van der Waals surface area contributed by atoms with Crippen LogP contribution < -0.4 is 5.32 Å². The van der Waals surface area contributed by atoms with Gasteiger partial charge in [0.25, 0.3) is 0 Å². The molecule has 1 heterocycles. The van der Waals surface area contributed by atoms with Gasteiger partial charge in [0.15, 0.2) is 9.34 Å². The van der Waals surface area contributed by atoms with Crippen LogP contribution >= 0.6 is 22.9 Å². The third-order valence-electron chi connectivity index (χ3n) is 2.90. The zero-order valence-corrected chi connectivity index (χ0v) is 12.6. The average molecular weight is 328 g/mol. The van der Waals surface area contributed by atoms with Crippen LogP contribution in [0.1, 0.15) is 11.1 Å². The number of thiophene rings is 1. The molecule has 0 aliphatic heterocycles. The Bertz CT molecular complexity index is 724. The van der Waals surface area contributed by atoms with Gasteiger partial charge in [-0.05, 0) is 25.0 Å². The molecule has 0 radical (unpaired) electrons. The summed E-state index contributed by atoms with van der Waals surface area (Å²) < 4.78 is -0.222. The van der Waals surface area contributed by atoms with Crippen LogP contribution in [-0.2, 0) is 0 Å². The third kappa shape index (κ3) is 2.81. The number of nitrogens with one attached hydrogen (secondary N) is 1. The van der Waals surface area contributed by atoms with Crippen LogP contribution in [0, 0.1) is 34.1 Å². The lowest BCUT2D eigenvalue weighted by atomic mass is 10.1. The van der Waals surface area contributed by atoms with E-state index in [0.29, 0.717) is 5.69 Å². The van der Waals surface area contributed by atoms with Crippen LogP contribution in [0.5, 0.6) is 0 Å². The van der Waals surface area contributed by atoms with E-state index in [2.05, 4.69) is 5.32 Å². The fourth-order valence-electron chi connectivity index (χ4n) is 1.92. The molecule has 110 valence electrons. The largest absolute Gasteiger partial charge is 0.382 e. The van der Waals surface area contributed by atoms with E-state index in [0.717, 1.165) is 22.5 Å². The Hall–Kier alpha value is -2.19. The van der Waals surface area contributed by atoms with E-state index in [4.69, 9.17) is 11.6 Å². The molecule has 0 aliphatic carbocycles. The third-order valence-corrected chi connectivity index (χ3v) is 4.18. The molecule has 0 bridgehead atoms. The number of para-hydroxylation sites is 1. The number of nitrogens with zero attached hydrogens (tertiary/aromatic N) is 2. The van der Waals surface area contributed by atoms with E-state index < -0.39 is 21.2 Å². The first-order valence-electron chi connectivity index (χ1n) is 5.77. The van der Waals surface area contributed by atoms with E-state index >= 15 is 0 Å². The van der Waals surface area contributed by atoms with Gasteiger partial charge in [-0.3, -0.25) is 20.2 Å². The van der Waals surface area contributed by atoms with Gasteiger partial charge in [0.05, 0.1) is 9.85 Å². The molecular weight excluding hydrogens is 318 g/mol. The van der Waals surface area contributed by atoms with Crippen molar-refractivity contribution in [1.82, 2.24) is 0 Å². The lowest BCUT2D eigenvalue weighted by molar-refractivity contribution is -0.421. The second kappa shape index (κ2) is 5.66. The second-order valence-corrected chi connectivity index (χ2v) is 5.93. The summed E-state index contributed by atoms with van der Waals surface area (Å²) in [6.07, 6.45) is 0. The summed E-state index contributed by atoms with van der Waals surface area (Å²) in [5, 5.41) is 25.0. The highest BCUT2D eigenvalue weighted by molar-refractivity contribution is 7.21. The lowest BCUT2D eigenvalue weighted by Gasteiger charge is -2.10. The fourth-order valence-corrected chi connectivity index (χ4v) is 3.18. The first-order valence-corrected chi connectivity index (χ1v) is 6.96.